The minimum Gasteiger partial charge on any atom is -0.391 e. The van der Waals surface area contributed by atoms with Crippen molar-refractivity contribution < 1.29 is 15.0 Å². The number of carbonyl (C=O) groups excluding carboxylic acids is 1. The minimum atomic E-state index is -0.802. The highest BCUT2D eigenvalue weighted by atomic mass is 35.5. The Hall–Kier alpha value is -0.720. The summed E-state index contributed by atoms with van der Waals surface area (Å²) in [4.78, 5) is 13.1. The van der Waals surface area contributed by atoms with Gasteiger partial charge in [-0.2, -0.15) is 10.2 Å². The van der Waals surface area contributed by atoms with Crippen molar-refractivity contribution >= 4 is 17.5 Å². The van der Waals surface area contributed by atoms with E-state index in [4.69, 9.17) is 11.6 Å². The van der Waals surface area contributed by atoms with Gasteiger partial charge in [-0.05, 0) is 56.8 Å². The zero-order chi connectivity index (χ0) is 21.1. The molecule has 0 saturated heterocycles. The second-order valence-corrected chi connectivity index (χ2v) is 10.8. The Morgan fingerprint density at radius 2 is 1.60 bits per heavy atom. The van der Waals surface area contributed by atoms with E-state index < -0.39 is 18.1 Å². The Morgan fingerprint density at radius 3 is 2.40 bits per heavy atom. The predicted octanol–water partition coefficient (Wildman–Crippen LogP) is 3.96. The van der Waals surface area contributed by atoms with Gasteiger partial charge in [0.25, 0.3) is 0 Å². The van der Waals surface area contributed by atoms with Gasteiger partial charge >= 0.3 is 0 Å². The van der Waals surface area contributed by atoms with Crippen LogP contribution in [0.4, 0.5) is 0 Å². The van der Waals surface area contributed by atoms with Gasteiger partial charge in [0.15, 0.2) is 0 Å². The van der Waals surface area contributed by atoms with Crippen molar-refractivity contribution in [1.29, 1.82) is 0 Å². The molecule has 0 spiro atoms. The summed E-state index contributed by atoms with van der Waals surface area (Å²) in [6, 6.07) is -0.401. The van der Waals surface area contributed by atoms with Crippen molar-refractivity contribution in [1.82, 2.24) is 5.32 Å². The molecule has 0 bridgehead atoms. The maximum absolute atomic E-state index is 13.1. The summed E-state index contributed by atoms with van der Waals surface area (Å²) in [5.41, 5.74) is 0. The summed E-state index contributed by atoms with van der Waals surface area (Å²) in [6.07, 6.45) is 11.7. The molecule has 4 aliphatic rings. The van der Waals surface area contributed by atoms with Gasteiger partial charge in [0.05, 0.1) is 24.2 Å². The summed E-state index contributed by atoms with van der Waals surface area (Å²) in [6.45, 7) is 0. The van der Waals surface area contributed by atoms with Crippen LogP contribution in [0.5, 0.6) is 0 Å². The first-order valence-corrected chi connectivity index (χ1v) is 12.7. The summed E-state index contributed by atoms with van der Waals surface area (Å²) >= 11 is 6.28. The van der Waals surface area contributed by atoms with Crippen LogP contribution in [0.15, 0.2) is 10.2 Å². The van der Waals surface area contributed by atoms with Crippen LogP contribution in [0.25, 0.3) is 0 Å². The Kier molecular flexibility index (Phi) is 7.69. The molecule has 170 valence electrons. The van der Waals surface area contributed by atoms with Crippen LogP contribution in [0, 0.1) is 17.8 Å². The quantitative estimate of drug-likeness (QED) is 0.457. The molecule has 30 heavy (non-hydrogen) atoms. The number of azo groups is 1. The average Bonchev–Trinajstić information content (AvgIpc) is 2.75. The van der Waals surface area contributed by atoms with E-state index in [1.54, 1.807) is 0 Å². The van der Waals surface area contributed by atoms with Crippen molar-refractivity contribution in [3.63, 3.8) is 0 Å². The largest absolute Gasteiger partial charge is 0.391 e. The molecular weight excluding hydrogens is 402 g/mol. The van der Waals surface area contributed by atoms with Crippen LogP contribution >= 0.6 is 11.6 Å². The van der Waals surface area contributed by atoms with Crippen molar-refractivity contribution in [2.24, 2.45) is 28.0 Å². The Labute approximate surface area is 185 Å². The molecule has 6 nitrogen and oxygen atoms in total. The molecule has 0 aliphatic heterocycles. The number of alkyl halides is 1. The fourth-order valence-electron chi connectivity index (χ4n) is 6.27. The molecule has 0 aromatic heterocycles. The minimum absolute atomic E-state index is 0.00264. The lowest BCUT2D eigenvalue weighted by atomic mass is 9.64. The fraction of sp³-hybridized carbons (Fsp3) is 0.957. The third kappa shape index (κ3) is 5.18. The zero-order valence-electron chi connectivity index (χ0n) is 18.0. The number of aliphatic hydroxyl groups is 2. The summed E-state index contributed by atoms with van der Waals surface area (Å²) in [5, 5.41) is 33.9. The van der Waals surface area contributed by atoms with E-state index in [1.165, 1.54) is 25.7 Å². The van der Waals surface area contributed by atoms with Gasteiger partial charge in [-0.25, -0.2) is 0 Å². The highest BCUT2D eigenvalue weighted by Gasteiger charge is 2.48. The van der Waals surface area contributed by atoms with Crippen molar-refractivity contribution in [3.05, 3.63) is 0 Å². The number of nitrogens with one attached hydrogen (secondary N) is 1. The zero-order valence-corrected chi connectivity index (χ0v) is 18.7. The van der Waals surface area contributed by atoms with Gasteiger partial charge in [-0.15, -0.1) is 11.6 Å². The second kappa shape index (κ2) is 10.3. The molecule has 7 heteroatoms. The van der Waals surface area contributed by atoms with E-state index in [0.29, 0.717) is 18.8 Å². The lowest BCUT2D eigenvalue weighted by Gasteiger charge is -2.45. The fourth-order valence-corrected chi connectivity index (χ4v) is 6.58. The van der Waals surface area contributed by atoms with E-state index in [9.17, 15) is 15.0 Å². The molecular formula is C23H38ClN3O3. The van der Waals surface area contributed by atoms with Crippen molar-refractivity contribution in [2.45, 2.75) is 119 Å². The number of rotatable bonds is 4. The van der Waals surface area contributed by atoms with Crippen LogP contribution in [-0.2, 0) is 4.79 Å². The number of fused-ring (bicyclic) bond motifs is 1. The number of hydrogen-bond donors (Lipinski definition) is 3. The van der Waals surface area contributed by atoms with E-state index in [-0.39, 0.29) is 35.3 Å². The molecule has 0 heterocycles. The SMILES string of the molecule is O=C(NC1CCCCC1)C1CC2CCCCC2C(N=NC2CC(Cl)CCC2O)C1O. The molecule has 8 atom stereocenters. The van der Waals surface area contributed by atoms with Crippen LogP contribution in [0.1, 0.15) is 83.5 Å². The molecule has 3 N–H and O–H groups in total. The molecule has 4 fully saturated rings. The molecule has 0 aromatic carbocycles. The number of carbonyl (C=O) groups is 1. The summed E-state index contributed by atoms with van der Waals surface area (Å²) in [5.74, 6) is 0.290. The lowest BCUT2D eigenvalue weighted by Crippen LogP contribution is -2.54. The Bertz CT molecular complexity index is 613. The lowest BCUT2D eigenvalue weighted by molar-refractivity contribution is -0.135. The normalized spacial score (nSPS) is 43.3. The first-order valence-electron chi connectivity index (χ1n) is 12.2. The van der Waals surface area contributed by atoms with E-state index in [1.807, 2.05) is 0 Å². The number of nitrogens with zero attached hydrogens (tertiary/aromatic N) is 2. The van der Waals surface area contributed by atoms with Gasteiger partial charge in [-0.1, -0.05) is 38.5 Å². The standard InChI is InChI=1S/C23H38ClN3O3/c24-15-10-11-20(28)19(13-15)26-27-21-17-9-5-4-6-14(17)12-18(22(21)29)23(30)25-16-7-2-1-3-8-16/h14-22,28-29H,1-13H2,(H,25,30). The Balaban J connectivity index is 1.47. The first kappa shape index (κ1) is 22.5. The highest BCUT2D eigenvalue weighted by Crippen LogP contribution is 2.45. The maximum atomic E-state index is 13.1. The molecule has 0 radical (unpaired) electrons. The predicted molar refractivity (Wildman–Crippen MR) is 117 cm³/mol. The van der Waals surface area contributed by atoms with Crippen molar-refractivity contribution in [3.8, 4) is 0 Å². The molecule has 0 aromatic rings. The number of halogens is 1. The average molecular weight is 440 g/mol. The van der Waals surface area contributed by atoms with E-state index in [2.05, 4.69) is 15.5 Å². The molecule has 4 rings (SSSR count). The van der Waals surface area contributed by atoms with Crippen LogP contribution in [-0.4, -0.2) is 51.8 Å². The topological polar surface area (TPSA) is 94.3 Å². The van der Waals surface area contributed by atoms with Gasteiger partial charge in [0, 0.05) is 11.4 Å². The highest BCUT2D eigenvalue weighted by molar-refractivity contribution is 6.20. The Morgan fingerprint density at radius 1 is 0.867 bits per heavy atom. The van der Waals surface area contributed by atoms with Crippen LogP contribution in [0.2, 0.25) is 0 Å². The monoisotopic (exact) mass is 439 g/mol. The number of hydrogen-bond acceptors (Lipinski definition) is 5. The molecule has 8 unspecified atom stereocenters. The molecule has 1 amide bonds. The summed E-state index contributed by atoms with van der Waals surface area (Å²) < 4.78 is 0. The third-order valence-corrected chi connectivity index (χ3v) is 8.48. The number of amides is 1. The number of aliphatic hydroxyl groups excluding tert-OH is 2. The molecule has 4 aliphatic carbocycles. The summed E-state index contributed by atoms with van der Waals surface area (Å²) in [7, 11) is 0. The van der Waals surface area contributed by atoms with Crippen LogP contribution in [0.3, 0.4) is 0 Å². The van der Waals surface area contributed by atoms with E-state index >= 15 is 0 Å². The van der Waals surface area contributed by atoms with Crippen LogP contribution < -0.4 is 5.32 Å². The van der Waals surface area contributed by atoms with Gasteiger partial charge in [-0.3, -0.25) is 4.79 Å². The van der Waals surface area contributed by atoms with Gasteiger partial charge in [0.2, 0.25) is 5.91 Å². The maximum Gasteiger partial charge on any atom is 0.226 e. The smallest absolute Gasteiger partial charge is 0.226 e. The first-order chi connectivity index (χ1) is 14.5. The molecule has 4 saturated carbocycles. The third-order valence-electron chi connectivity index (χ3n) is 8.08. The second-order valence-electron chi connectivity index (χ2n) is 10.2. The van der Waals surface area contributed by atoms with Crippen molar-refractivity contribution in [2.75, 3.05) is 0 Å². The van der Waals surface area contributed by atoms with Gasteiger partial charge < -0.3 is 15.5 Å². The van der Waals surface area contributed by atoms with E-state index in [0.717, 1.165) is 44.9 Å². The van der Waals surface area contributed by atoms with Gasteiger partial charge in [0.1, 0.15) is 6.04 Å².